The van der Waals surface area contributed by atoms with Gasteiger partial charge in [-0.3, -0.25) is 4.79 Å². The van der Waals surface area contributed by atoms with Gasteiger partial charge in [-0.05, 0) is 36.2 Å². The molecule has 0 saturated carbocycles. The van der Waals surface area contributed by atoms with E-state index in [1.807, 2.05) is 0 Å². The maximum Gasteiger partial charge on any atom is 0.422 e. The number of hydrogen-bond acceptors (Lipinski definition) is 6. The van der Waals surface area contributed by atoms with Gasteiger partial charge in [-0.15, -0.1) is 0 Å². The number of halogens is 3. The van der Waals surface area contributed by atoms with E-state index in [0.29, 0.717) is 29.1 Å². The average molecular weight is 447 g/mol. The molecule has 2 aromatic carbocycles. The van der Waals surface area contributed by atoms with Crippen LogP contribution in [0.2, 0.25) is 0 Å². The maximum atomic E-state index is 12.3. The first-order valence-electron chi connectivity index (χ1n) is 9.51. The zero-order chi connectivity index (χ0) is 23.1. The van der Waals surface area contributed by atoms with Gasteiger partial charge in [0.05, 0.1) is 25.2 Å². The van der Waals surface area contributed by atoms with Crippen LogP contribution < -0.4 is 14.8 Å². The number of alkyl halides is 3. The number of aromatic nitrogens is 2. The molecular formula is C22H20F3N3O4. The van der Waals surface area contributed by atoms with Gasteiger partial charge >= 0.3 is 6.18 Å². The molecule has 0 saturated heterocycles. The van der Waals surface area contributed by atoms with E-state index in [1.165, 1.54) is 43.8 Å². The Bertz CT molecular complexity index is 1070. The van der Waals surface area contributed by atoms with Gasteiger partial charge in [-0.1, -0.05) is 18.2 Å². The third kappa shape index (κ3) is 6.59. The van der Waals surface area contributed by atoms with Crippen LogP contribution in [-0.2, 0) is 11.2 Å². The van der Waals surface area contributed by atoms with Crippen molar-refractivity contribution >= 4 is 11.6 Å². The molecule has 2 N–H and O–H groups in total. The first kappa shape index (κ1) is 22.9. The van der Waals surface area contributed by atoms with Crippen molar-refractivity contribution in [3.63, 3.8) is 0 Å². The number of phenols is 1. The van der Waals surface area contributed by atoms with E-state index in [4.69, 9.17) is 9.47 Å². The second kappa shape index (κ2) is 9.99. The molecule has 0 bridgehead atoms. The quantitative estimate of drug-likeness (QED) is 0.533. The van der Waals surface area contributed by atoms with Crippen LogP contribution >= 0.6 is 0 Å². The van der Waals surface area contributed by atoms with Gasteiger partial charge in [0.2, 0.25) is 5.91 Å². The number of ether oxygens (including phenoxy) is 2. The van der Waals surface area contributed by atoms with Crippen LogP contribution in [0.1, 0.15) is 12.0 Å². The number of carbonyl (C=O) groups excluding carboxylic acids is 1. The number of methoxy groups -OCH3 is 1. The molecule has 1 aromatic heterocycles. The number of hydrogen-bond donors (Lipinski definition) is 2. The van der Waals surface area contributed by atoms with Crippen molar-refractivity contribution in [1.82, 2.24) is 9.97 Å². The Morgan fingerprint density at radius 3 is 2.50 bits per heavy atom. The SMILES string of the molecule is COc1cc(CCC(=O)Nc2cnc(-c3cccc(O)c3)nc2)ccc1OCC(F)(F)F. The highest BCUT2D eigenvalue weighted by molar-refractivity contribution is 5.90. The van der Waals surface area contributed by atoms with Crippen molar-refractivity contribution in [2.45, 2.75) is 19.0 Å². The van der Waals surface area contributed by atoms with E-state index in [2.05, 4.69) is 15.3 Å². The predicted octanol–water partition coefficient (Wildman–Crippen LogP) is 4.37. The molecule has 0 aliphatic carbocycles. The van der Waals surface area contributed by atoms with Gasteiger partial charge < -0.3 is 19.9 Å². The lowest BCUT2D eigenvalue weighted by Crippen LogP contribution is -2.19. The molecule has 0 radical (unpaired) electrons. The van der Waals surface area contributed by atoms with Gasteiger partial charge in [-0.25, -0.2) is 9.97 Å². The van der Waals surface area contributed by atoms with Crippen molar-refractivity contribution in [3.05, 3.63) is 60.4 Å². The van der Waals surface area contributed by atoms with Gasteiger partial charge in [-0.2, -0.15) is 13.2 Å². The summed E-state index contributed by atoms with van der Waals surface area (Å²) in [7, 11) is 1.33. The minimum absolute atomic E-state index is 0.0259. The molecule has 3 rings (SSSR count). The molecule has 0 spiro atoms. The zero-order valence-electron chi connectivity index (χ0n) is 17.0. The Kier molecular flexibility index (Phi) is 7.14. The number of benzene rings is 2. The Labute approximate surface area is 181 Å². The van der Waals surface area contributed by atoms with E-state index in [0.717, 1.165) is 0 Å². The van der Waals surface area contributed by atoms with Crippen LogP contribution in [0.15, 0.2) is 54.9 Å². The Morgan fingerprint density at radius 2 is 1.84 bits per heavy atom. The number of nitrogens with one attached hydrogen (secondary N) is 1. The largest absolute Gasteiger partial charge is 0.508 e. The molecule has 3 aromatic rings. The summed E-state index contributed by atoms with van der Waals surface area (Å²) in [5.74, 6) is 0.346. The van der Waals surface area contributed by atoms with Crippen molar-refractivity contribution in [2.24, 2.45) is 0 Å². The highest BCUT2D eigenvalue weighted by atomic mass is 19.4. The number of nitrogens with zero attached hydrogens (tertiary/aromatic N) is 2. The van der Waals surface area contributed by atoms with Crippen molar-refractivity contribution in [3.8, 4) is 28.6 Å². The lowest BCUT2D eigenvalue weighted by molar-refractivity contribution is -0.153. The van der Waals surface area contributed by atoms with E-state index in [1.54, 1.807) is 18.2 Å². The first-order valence-corrected chi connectivity index (χ1v) is 9.51. The predicted molar refractivity (Wildman–Crippen MR) is 111 cm³/mol. The second-order valence-electron chi connectivity index (χ2n) is 6.78. The van der Waals surface area contributed by atoms with Crippen LogP contribution in [0, 0.1) is 0 Å². The molecule has 0 atom stereocenters. The summed E-state index contributed by atoms with van der Waals surface area (Å²) >= 11 is 0. The topological polar surface area (TPSA) is 93.6 Å². The fourth-order valence-corrected chi connectivity index (χ4v) is 2.81. The fraction of sp³-hybridized carbons (Fsp3) is 0.227. The second-order valence-corrected chi connectivity index (χ2v) is 6.78. The molecule has 0 aliphatic rings. The summed E-state index contributed by atoms with van der Waals surface area (Å²) in [4.78, 5) is 20.6. The van der Waals surface area contributed by atoms with Gasteiger partial charge in [0.1, 0.15) is 5.75 Å². The van der Waals surface area contributed by atoms with Crippen LogP contribution in [-0.4, -0.2) is 40.9 Å². The lowest BCUT2D eigenvalue weighted by Gasteiger charge is -2.13. The molecule has 7 nitrogen and oxygen atoms in total. The molecule has 32 heavy (non-hydrogen) atoms. The van der Waals surface area contributed by atoms with Crippen LogP contribution in [0.5, 0.6) is 17.2 Å². The van der Waals surface area contributed by atoms with E-state index >= 15 is 0 Å². The number of phenolic OH excluding ortho intramolecular Hbond substituents is 1. The molecule has 10 heteroatoms. The van der Waals surface area contributed by atoms with Crippen LogP contribution in [0.3, 0.4) is 0 Å². The summed E-state index contributed by atoms with van der Waals surface area (Å²) in [6.45, 7) is -1.42. The number of anilines is 1. The van der Waals surface area contributed by atoms with Crippen LogP contribution in [0.25, 0.3) is 11.4 Å². The molecule has 0 aliphatic heterocycles. The van der Waals surface area contributed by atoms with Gasteiger partial charge in [0, 0.05) is 12.0 Å². The number of aromatic hydroxyl groups is 1. The van der Waals surface area contributed by atoms with Crippen LogP contribution in [0.4, 0.5) is 18.9 Å². The third-order valence-electron chi connectivity index (χ3n) is 4.30. The van der Waals surface area contributed by atoms with E-state index < -0.39 is 12.8 Å². The normalized spacial score (nSPS) is 11.1. The molecule has 0 unspecified atom stereocenters. The van der Waals surface area contributed by atoms with Crippen molar-refractivity contribution in [1.29, 1.82) is 0 Å². The summed E-state index contributed by atoms with van der Waals surface area (Å²) in [5.41, 5.74) is 1.75. The molecule has 1 heterocycles. The Balaban J connectivity index is 1.55. The summed E-state index contributed by atoms with van der Waals surface area (Å²) in [5, 5.41) is 12.2. The van der Waals surface area contributed by atoms with Gasteiger partial charge in [0.25, 0.3) is 0 Å². The minimum atomic E-state index is -4.45. The van der Waals surface area contributed by atoms with E-state index in [9.17, 15) is 23.1 Å². The molecule has 1 amide bonds. The smallest absolute Gasteiger partial charge is 0.422 e. The molecule has 168 valence electrons. The monoisotopic (exact) mass is 447 g/mol. The highest BCUT2D eigenvalue weighted by Crippen LogP contribution is 2.30. The van der Waals surface area contributed by atoms with Crippen molar-refractivity contribution in [2.75, 3.05) is 19.0 Å². The molecular weight excluding hydrogens is 427 g/mol. The lowest BCUT2D eigenvalue weighted by atomic mass is 10.1. The number of aryl methyl sites for hydroxylation is 1. The number of rotatable bonds is 8. The molecule has 0 fully saturated rings. The summed E-state index contributed by atoms with van der Waals surface area (Å²) in [6.07, 6.45) is -1.07. The third-order valence-corrected chi connectivity index (χ3v) is 4.30. The number of carbonyl (C=O) groups is 1. The summed E-state index contributed by atoms with van der Waals surface area (Å²) in [6, 6.07) is 11.0. The maximum absolute atomic E-state index is 12.3. The Hall–Kier alpha value is -3.82. The van der Waals surface area contributed by atoms with Gasteiger partial charge in [0.15, 0.2) is 23.9 Å². The Morgan fingerprint density at radius 1 is 1.09 bits per heavy atom. The van der Waals surface area contributed by atoms with E-state index in [-0.39, 0.29) is 29.6 Å². The number of amides is 1. The fourth-order valence-electron chi connectivity index (χ4n) is 2.81. The summed E-state index contributed by atoms with van der Waals surface area (Å²) < 4.78 is 46.8. The standard InChI is InChI=1S/C22H20F3N3O4/c1-31-19-9-14(5-7-18(19)32-13-22(23,24)25)6-8-20(30)28-16-11-26-21(27-12-16)15-3-2-4-17(29)10-15/h2-5,7,9-12,29H,6,8,13H2,1H3,(H,28,30). The highest BCUT2D eigenvalue weighted by Gasteiger charge is 2.29. The average Bonchev–Trinajstić information content (AvgIpc) is 2.76. The van der Waals surface area contributed by atoms with Crippen molar-refractivity contribution < 1.29 is 32.5 Å². The minimum Gasteiger partial charge on any atom is -0.508 e. The first-order chi connectivity index (χ1) is 15.2. The zero-order valence-corrected chi connectivity index (χ0v) is 17.0.